The number of anilines is 2. The molecular formula is C24H23N3O3. The number of nitrogens with one attached hydrogen (secondary N) is 2. The van der Waals surface area contributed by atoms with Crippen molar-refractivity contribution in [3.63, 3.8) is 0 Å². The third-order valence-electron chi connectivity index (χ3n) is 5.11. The Hall–Kier alpha value is -3.67. The molecule has 0 atom stereocenters. The molecule has 30 heavy (non-hydrogen) atoms. The molecule has 6 nitrogen and oxygen atoms in total. The molecule has 152 valence electrons. The lowest BCUT2D eigenvalue weighted by atomic mass is 10.0. The van der Waals surface area contributed by atoms with Crippen molar-refractivity contribution < 1.29 is 14.4 Å². The van der Waals surface area contributed by atoms with Gasteiger partial charge in [-0.3, -0.25) is 14.4 Å². The number of hydrogen-bond acceptors (Lipinski definition) is 3. The minimum Gasteiger partial charge on any atom is -0.332 e. The number of likely N-dealkylation sites (N-methyl/N-ethyl adjacent to an activating group) is 1. The summed E-state index contributed by atoms with van der Waals surface area (Å²) in [5.74, 6) is -0.658. The van der Waals surface area contributed by atoms with E-state index in [1.165, 1.54) is 4.90 Å². The van der Waals surface area contributed by atoms with Gasteiger partial charge < -0.3 is 15.5 Å². The van der Waals surface area contributed by atoms with E-state index >= 15 is 0 Å². The van der Waals surface area contributed by atoms with Gasteiger partial charge in [-0.15, -0.1) is 0 Å². The Bertz CT molecular complexity index is 1110. The molecule has 1 fully saturated rings. The van der Waals surface area contributed by atoms with Crippen molar-refractivity contribution in [3.8, 4) is 0 Å². The van der Waals surface area contributed by atoms with Crippen LogP contribution in [0.5, 0.6) is 0 Å². The number of benzene rings is 3. The summed E-state index contributed by atoms with van der Waals surface area (Å²) in [6.45, 7) is -0.101. The second-order valence-corrected chi connectivity index (χ2v) is 7.58. The van der Waals surface area contributed by atoms with E-state index in [2.05, 4.69) is 10.6 Å². The fourth-order valence-corrected chi connectivity index (χ4v) is 3.32. The summed E-state index contributed by atoms with van der Waals surface area (Å²) in [5, 5.41) is 7.51. The van der Waals surface area contributed by atoms with E-state index in [0.717, 1.165) is 23.6 Å². The van der Waals surface area contributed by atoms with Gasteiger partial charge in [0.1, 0.15) is 0 Å². The van der Waals surface area contributed by atoms with Crippen LogP contribution in [0, 0.1) is 5.92 Å². The monoisotopic (exact) mass is 401 g/mol. The molecule has 4 rings (SSSR count). The zero-order valence-corrected chi connectivity index (χ0v) is 16.7. The highest BCUT2D eigenvalue weighted by Crippen LogP contribution is 2.32. The molecule has 2 N–H and O–H groups in total. The standard InChI is InChI=1S/C24H23N3O3/c1-27(15-22(28)25-19-9-3-2-4-10-19)24(30)20-13-17-7-5-6-8-18(17)14-21(20)26-23(29)16-11-12-16/h2-10,13-14,16H,11-12,15H2,1H3,(H,25,28)(H,26,29). The van der Waals surface area contributed by atoms with E-state index in [1.54, 1.807) is 25.2 Å². The summed E-state index contributed by atoms with van der Waals surface area (Å²) in [6, 6.07) is 20.3. The number of carbonyl (C=O) groups excluding carboxylic acids is 3. The predicted molar refractivity (Wildman–Crippen MR) is 117 cm³/mol. The van der Waals surface area contributed by atoms with Crippen molar-refractivity contribution in [2.45, 2.75) is 12.8 Å². The number of fused-ring (bicyclic) bond motifs is 1. The van der Waals surface area contributed by atoms with E-state index in [1.807, 2.05) is 48.5 Å². The van der Waals surface area contributed by atoms with Crippen LogP contribution in [0.4, 0.5) is 11.4 Å². The highest BCUT2D eigenvalue weighted by Gasteiger charge is 2.30. The molecule has 0 radical (unpaired) electrons. The van der Waals surface area contributed by atoms with Gasteiger partial charge in [0.2, 0.25) is 11.8 Å². The molecule has 1 saturated carbocycles. The Morgan fingerprint density at radius 3 is 2.20 bits per heavy atom. The SMILES string of the molecule is CN(CC(=O)Nc1ccccc1)C(=O)c1cc2ccccc2cc1NC(=O)C1CC1. The number of carbonyl (C=O) groups is 3. The quantitative estimate of drug-likeness (QED) is 0.658. The van der Waals surface area contributed by atoms with E-state index < -0.39 is 0 Å². The van der Waals surface area contributed by atoms with Crippen molar-refractivity contribution in [1.82, 2.24) is 4.90 Å². The summed E-state index contributed by atoms with van der Waals surface area (Å²) in [4.78, 5) is 39.2. The number of nitrogens with zero attached hydrogens (tertiary/aromatic N) is 1. The Kier molecular flexibility index (Phi) is 5.48. The first kappa shape index (κ1) is 19.6. The zero-order chi connectivity index (χ0) is 21.1. The molecule has 3 aromatic carbocycles. The van der Waals surface area contributed by atoms with Crippen molar-refractivity contribution in [2.24, 2.45) is 5.92 Å². The maximum atomic E-state index is 13.2. The van der Waals surface area contributed by atoms with Crippen LogP contribution in [0.1, 0.15) is 23.2 Å². The first-order valence-corrected chi connectivity index (χ1v) is 9.95. The maximum absolute atomic E-state index is 13.2. The highest BCUT2D eigenvalue weighted by atomic mass is 16.2. The Labute approximate surface area is 174 Å². The predicted octanol–water partition coefficient (Wildman–Crippen LogP) is 3.90. The van der Waals surface area contributed by atoms with Gasteiger partial charge >= 0.3 is 0 Å². The Morgan fingerprint density at radius 1 is 0.900 bits per heavy atom. The third kappa shape index (κ3) is 4.49. The lowest BCUT2D eigenvalue weighted by Crippen LogP contribution is -2.35. The lowest BCUT2D eigenvalue weighted by Gasteiger charge is -2.20. The molecule has 3 aromatic rings. The number of hydrogen-bond donors (Lipinski definition) is 2. The first-order chi connectivity index (χ1) is 14.5. The van der Waals surface area contributed by atoms with Gasteiger partial charge in [0.15, 0.2) is 0 Å². The van der Waals surface area contributed by atoms with Crippen LogP contribution in [0.15, 0.2) is 66.7 Å². The van der Waals surface area contributed by atoms with Crippen molar-refractivity contribution >= 4 is 39.9 Å². The van der Waals surface area contributed by atoms with Crippen LogP contribution in [-0.4, -0.2) is 36.2 Å². The molecule has 1 aliphatic carbocycles. The maximum Gasteiger partial charge on any atom is 0.256 e. The summed E-state index contributed by atoms with van der Waals surface area (Å²) < 4.78 is 0. The summed E-state index contributed by atoms with van der Waals surface area (Å²) in [5.41, 5.74) is 1.52. The Balaban J connectivity index is 1.55. The van der Waals surface area contributed by atoms with E-state index in [4.69, 9.17) is 0 Å². The molecular weight excluding hydrogens is 378 g/mol. The van der Waals surface area contributed by atoms with Crippen LogP contribution in [0.25, 0.3) is 10.8 Å². The molecule has 0 unspecified atom stereocenters. The van der Waals surface area contributed by atoms with Gasteiger partial charge in [-0.05, 0) is 47.9 Å². The minimum absolute atomic E-state index is 0.0220. The second kappa shape index (κ2) is 8.37. The molecule has 3 amide bonds. The van der Waals surface area contributed by atoms with Gasteiger partial charge in [0, 0.05) is 18.7 Å². The molecule has 0 spiro atoms. The van der Waals surface area contributed by atoms with Crippen LogP contribution in [-0.2, 0) is 9.59 Å². The van der Waals surface area contributed by atoms with Crippen molar-refractivity contribution in [2.75, 3.05) is 24.2 Å². The largest absolute Gasteiger partial charge is 0.332 e. The summed E-state index contributed by atoms with van der Waals surface area (Å²) >= 11 is 0. The molecule has 6 heteroatoms. The average Bonchev–Trinajstić information content (AvgIpc) is 3.59. The highest BCUT2D eigenvalue weighted by molar-refractivity contribution is 6.09. The smallest absolute Gasteiger partial charge is 0.256 e. The molecule has 0 saturated heterocycles. The lowest BCUT2D eigenvalue weighted by molar-refractivity contribution is -0.117. The van der Waals surface area contributed by atoms with Gasteiger partial charge in [0.25, 0.3) is 5.91 Å². The second-order valence-electron chi connectivity index (χ2n) is 7.58. The zero-order valence-electron chi connectivity index (χ0n) is 16.7. The Morgan fingerprint density at radius 2 is 1.53 bits per heavy atom. The van der Waals surface area contributed by atoms with Gasteiger partial charge in [-0.1, -0.05) is 42.5 Å². The van der Waals surface area contributed by atoms with Gasteiger partial charge in [-0.2, -0.15) is 0 Å². The van der Waals surface area contributed by atoms with Gasteiger partial charge in [-0.25, -0.2) is 0 Å². The molecule has 0 aliphatic heterocycles. The first-order valence-electron chi connectivity index (χ1n) is 9.95. The summed E-state index contributed by atoms with van der Waals surface area (Å²) in [6.07, 6.45) is 1.75. The fourth-order valence-electron chi connectivity index (χ4n) is 3.32. The van der Waals surface area contributed by atoms with E-state index in [0.29, 0.717) is 16.9 Å². The molecule has 0 heterocycles. The normalized spacial score (nSPS) is 13.0. The molecule has 1 aliphatic rings. The van der Waals surface area contributed by atoms with E-state index in [-0.39, 0.29) is 30.2 Å². The number of rotatable bonds is 6. The van der Waals surface area contributed by atoms with Crippen LogP contribution in [0.2, 0.25) is 0 Å². The topological polar surface area (TPSA) is 78.5 Å². The van der Waals surface area contributed by atoms with Crippen molar-refractivity contribution in [3.05, 3.63) is 72.3 Å². The minimum atomic E-state index is -0.324. The van der Waals surface area contributed by atoms with Crippen LogP contribution in [0.3, 0.4) is 0 Å². The third-order valence-corrected chi connectivity index (χ3v) is 5.11. The number of amides is 3. The van der Waals surface area contributed by atoms with Crippen LogP contribution < -0.4 is 10.6 Å². The average molecular weight is 401 g/mol. The van der Waals surface area contributed by atoms with Crippen LogP contribution >= 0.6 is 0 Å². The molecule has 0 bridgehead atoms. The summed E-state index contributed by atoms with van der Waals surface area (Å²) in [7, 11) is 1.58. The molecule has 0 aromatic heterocycles. The van der Waals surface area contributed by atoms with Crippen molar-refractivity contribution in [1.29, 1.82) is 0 Å². The van der Waals surface area contributed by atoms with Gasteiger partial charge in [0.05, 0.1) is 17.8 Å². The van der Waals surface area contributed by atoms with E-state index in [9.17, 15) is 14.4 Å². The number of para-hydroxylation sites is 1. The fraction of sp³-hybridized carbons (Fsp3) is 0.208.